The molecule has 0 bridgehead atoms. The molecule has 6 heteroatoms. The molecule has 0 aliphatic heterocycles. The first-order valence-electron chi connectivity index (χ1n) is 8.42. The topological polar surface area (TPSA) is 64.6 Å². The molecule has 2 rings (SSSR count). The molecule has 1 N–H and O–H groups in total. The van der Waals surface area contributed by atoms with E-state index in [2.05, 4.69) is 5.32 Å². The second-order valence-electron chi connectivity index (χ2n) is 5.78. The van der Waals surface area contributed by atoms with Crippen LogP contribution in [0.5, 0.6) is 5.75 Å². The second-order valence-corrected chi connectivity index (χ2v) is 6.22. The zero-order chi connectivity index (χ0) is 18.9. The molecule has 5 nitrogen and oxygen atoms in total. The average Bonchev–Trinajstić information content (AvgIpc) is 2.65. The number of rotatable bonds is 8. The SMILES string of the molecule is CC[C@H](Oc1ccccc1)C(=O)OCC(=O)N[C@@H](C)c1cccc(Cl)c1. The summed E-state index contributed by atoms with van der Waals surface area (Å²) in [4.78, 5) is 24.2. The molecule has 0 fully saturated rings. The van der Waals surface area contributed by atoms with Crippen LogP contribution in [0.1, 0.15) is 31.9 Å². The summed E-state index contributed by atoms with van der Waals surface area (Å²) in [5, 5.41) is 3.37. The van der Waals surface area contributed by atoms with Gasteiger partial charge in [-0.2, -0.15) is 0 Å². The molecule has 26 heavy (non-hydrogen) atoms. The van der Waals surface area contributed by atoms with Gasteiger partial charge in [-0.25, -0.2) is 4.79 Å². The van der Waals surface area contributed by atoms with Crippen molar-refractivity contribution < 1.29 is 19.1 Å². The Morgan fingerprint density at radius 3 is 2.50 bits per heavy atom. The van der Waals surface area contributed by atoms with E-state index < -0.39 is 12.1 Å². The van der Waals surface area contributed by atoms with Crippen molar-refractivity contribution in [2.75, 3.05) is 6.61 Å². The van der Waals surface area contributed by atoms with Crippen molar-refractivity contribution >= 4 is 23.5 Å². The van der Waals surface area contributed by atoms with Crippen LogP contribution in [0.15, 0.2) is 54.6 Å². The van der Waals surface area contributed by atoms with E-state index in [1.807, 2.05) is 44.2 Å². The van der Waals surface area contributed by atoms with Crippen LogP contribution in [0.4, 0.5) is 0 Å². The number of para-hydroxylation sites is 1. The van der Waals surface area contributed by atoms with Gasteiger partial charge in [0.15, 0.2) is 12.7 Å². The van der Waals surface area contributed by atoms with Crippen LogP contribution in [-0.2, 0) is 14.3 Å². The number of nitrogens with one attached hydrogen (secondary N) is 1. The third-order valence-electron chi connectivity index (χ3n) is 3.73. The van der Waals surface area contributed by atoms with Crippen LogP contribution in [0.2, 0.25) is 5.02 Å². The fourth-order valence-corrected chi connectivity index (χ4v) is 2.53. The smallest absolute Gasteiger partial charge is 0.347 e. The molecular formula is C20H22ClNO4. The Hall–Kier alpha value is -2.53. The van der Waals surface area contributed by atoms with Crippen LogP contribution >= 0.6 is 11.6 Å². The van der Waals surface area contributed by atoms with E-state index in [4.69, 9.17) is 21.1 Å². The van der Waals surface area contributed by atoms with Crippen molar-refractivity contribution in [3.8, 4) is 5.75 Å². The Balaban J connectivity index is 1.82. The predicted octanol–water partition coefficient (Wildman–Crippen LogP) is 3.92. The standard InChI is InChI=1S/C20H22ClNO4/c1-3-18(26-17-10-5-4-6-11-17)20(24)25-13-19(23)22-14(2)15-8-7-9-16(21)12-15/h4-12,14,18H,3,13H2,1-2H3,(H,22,23)/t14-,18-/m0/s1. The lowest BCUT2D eigenvalue weighted by molar-refractivity contribution is -0.155. The highest BCUT2D eigenvalue weighted by Gasteiger charge is 2.21. The second kappa shape index (κ2) is 9.82. The maximum absolute atomic E-state index is 12.1. The third-order valence-corrected chi connectivity index (χ3v) is 3.96. The van der Waals surface area contributed by atoms with Gasteiger partial charge in [-0.1, -0.05) is 48.9 Å². The molecule has 138 valence electrons. The molecule has 2 atom stereocenters. The summed E-state index contributed by atoms with van der Waals surface area (Å²) >= 11 is 5.95. The number of ether oxygens (including phenoxy) is 2. The Morgan fingerprint density at radius 1 is 1.12 bits per heavy atom. The van der Waals surface area contributed by atoms with Crippen molar-refractivity contribution in [1.29, 1.82) is 0 Å². The van der Waals surface area contributed by atoms with Gasteiger partial charge in [0, 0.05) is 5.02 Å². The Kier molecular flexibility index (Phi) is 7.48. The molecule has 2 aromatic rings. The molecule has 0 radical (unpaired) electrons. The fraction of sp³-hybridized carbons (Fsp3) is 0.300. The normalized spacial score (nSPS) is 12.7. The van der Waals surface area contributed by atoms with Crippen molar-refractivity contribution in [3.05, 3.63) is 65.2 Å². The average molecular weight is 376 g/mol. The monoisotopic (exact) mass is 375 g/mol. The highest BCUT2D eigenvalue weighted by molar-refractivity contribution is 6.30. The molecule has 0 spiro atoms. The molecule has 0 aromatic heterocycles. The van der Waals surface area contributed by atoms with Gasteiger partial charge in [0.25, 0.3) is 5.91 Å². The van der Waals surface area contributed by atoms with E-state index in [9.17, 15) is 9.59 Å². The Bertz CT molecular complexity index is 736. The molecule has 0 heterocycles. The number of hydrogen-bond donors (Lipinski definition) is 1. The number of esters is 1. The summed E-state index contributed by atoms with van der Waals surface area (Å²) in [6.07, 6.45) is -0.315. The van der Waals surface area contributed by atoms with Crippen molar-refractivity contribution in [2.45, 2.75) is 32.4 Å². The van der Waals surface area contributed by atoms with Crippen LogP contribution in [0.3, 0.4) is 0 Å². The van der Waals surface area contributed by atoms with Gasteiger partial charge in [-0.3, -0.25) is 4.79 Å². The molecule has 1 amide bonds. The van der Waals surface area contributed by atoms with Gasteiger partial charge >= 0.3 is 5.97 Å². The van der Waals surface area contributed by atoms with Crippen molar-refractivity contribution in [1.82, 2.24) is 5.32 Å². The highest BCUT2D eigenvalue weighted by Crippen LogP contribution is 2.17. The van der Waals surface area contributed by atoms with Crippen LogP contribution in [0.25, 0.3) is 0 Å². The van der Waals surface area contributed by atoms with Gasteiger partial charge in [0.05, 0.1) is 6.04 Å². The van der Waals surface area contributed by atoms with Gasteiger partial charge < -0.3 is 14.8 Å². The summed E-state index contributed by atoms with van der Waals surface area (Å²) in [5.41, 5.74) is 0.871. The van der Waals surface area contributed by atoms with Gasteiger partial charge in [-0.15, -0.1) is 0 Å². The van der Waals surface area contributed by atoms with Crippen LogP contribution < -0.4 is 10.1 Å². The van der Waals surface area contributed by atoms with Crippen LogP contribution in [-0.4, -0.2) is 24.6 Å². The van der Waals surface area contributed by atoms with Crippen molar-refractivity contribution in [3.63, 3.8) is 0 Å². The summed E-state index contributed by atoms with van der Waals surface area (Å²) in [6.45, 7) is 3.29. The minimum absolute atomic E-state index is 0.248. The number of carbonyl (C=O) groups is 2. The van der Waals surface area contributed by atoms with E-state index in [-0.39, 0.29) is 18.6 Å². The molecule has 0 aliphatic rings. The minimum Gasteiger partial charge on any atom is -0.479 e. The number of carbonyl (C=O) groups excluding carboxylic acids is 2. The first kappa shape index (κ1) is 19.8. The minimum atomic E-state index is -0.754. The van der Waals surface area contributed by atoms with E-state index >= 15 is 0 Å². The van der Waals surface area contributed by atoms with E-state index in [1.54, 1.807) is 24.3 Å². The molecule has 0 unspecified atom stereocenters. The summed E-state index contributed by atoms with van der Waals surface area (Å²) in [7, 11) is 0. The fourth-order valence-electron chi connectivity index (χ4n) is 2.33. The van der Waals surface area contributed by atoms with E-state index in [0.29, 0.717) is 17.2 Å². The molecule has 0 aliphatic carbocycles. The number of halogens is 1. The quantitative estimate of drug-likeness (QED) is 0.710. The zero-order valence-corrected chi connectivity index (χ0v) is 15.5. The lowest BCUT2D eigenvalue weighted by Gasteiger charge is -2.17. The lowest BCUT2D eigenvalue weighted by atomic mass is 10.1. The number of hydrogen-bond acceptors (Lipinski definition) is 4. The van der Waals surface area contributed by atoms with Crippen LogP contribution in [0, 0.1) is 0 Å². The van der Waals surface area contributed by atoms with Gasteiger partial charge in [0.1, 0.15) is 5.75 Å². The summed E-state index contributed by atoms with van der Waals surface area (Å²) in [5.74, 6) is -0.377. The predicted molar refractivity (Wildman–Crippen MR) is 100 cm³/mol. The first-order valence-corrected chi connectivity index (χ1v) is 8.80. The maximum Gasteiger partial charge on any atom is 0.347 e. The molecule has 2 aromatic carbocycles. The number of benzene rings is 2. The van der Waals surface area contributed by atoms with E-state index in [1.165, 1.54) is 0 Å². The molecule has 0 saturated carbocycles. The molecular weight excluding hydrogens is 354 g/mol. The summed E-state index contributed by atoms with van der Waals surface area (Å²) < 4.78 is 10.7. The van der Waals surface area contributed by atoms with Gasteiger partial charge in [0.2, 0.25) is 0 Å². The number of amides is 1. The Labute approximate surface area is 158 Å². The zero-order valence-electron chi connectivity index (χ0n) is 14.8. The maximum atomic E-state index is 12.1. The largest absolute Gasteiger partial charge is 0.479 e. The molecule has 0 saturated heterocycles. The third kappa shape index (κ3) is 6.08. The Morgan fingerprint density at radius 2 is 1.85 bits per heavy atom. The lowest BCUT2D eigenvalue weighted by Crippen LogP contribution is -2.35. The highest BCUT2D eigenvalue weighted by atomic mass is 35.5. The van der Waals surface area contributed by atoms with E-state index in [0.717, 1.165) is 5.56 Å². The summed E-state index contributed by atoms with van der Waals surface area (Å²) in [6, 6.07) is 16.0. The van der Waals surface area contributed by atoms with Crippen molar-refractivity contribution in [2.24, 2.45) is 0 Å². The first-order chi connectivity index (χ1) is 12.5. The van der Waals surface area contributed by atoms with Gasteiger partial charge in [-0.05, 0) is 43.2 Å².